The Morgan fingerprint density at radius 3 is 3.14 bits per heavy atom. The van der Waals surface area contributed by atoms with Crippen LogP contribution in [0, 0.1) is 11.3 Å². The fraction of sp³-hybridized carbons (Fsp3) is 0.750. The van der Waals surface area contributed by atoms with E-state index in [9.17, 15) is 5.11 Å². The maximum Gasteiger partial charge on any atom is 0.112 e. The fourth-order valence-electron chi connectivity index (χ4n) is 4.79. The van der Waals surface area contributed by atoms with Crippen molar-refractivity contribution in [1.29, 1.82) is 0 Å². The molecule has 0 saturated heterocycles. The molecule has 2 aliphatic carbocycles. The zero-order valence-corrected chi connectivity index (χ0v) is 13.9. The van der Waals surface area contributed by atoms with Crippen LogP contribution in [0.25, 0.3) is 0 Å². The van der Waals surface area contributed by atoms with Crippen LogP contribution in [0.1, 0.15) is 38.5 Å². The van der Waals surface area contributed by atoms with Gasteiger partial charge in [-0.3, -0.25) is 9.90 Å². The molecule has 0 bridgehead atoms. The Morgan fingerprint density at radius 1 is 1.48 bits per heavy atom. The molecule has 2 aliphatic heterocycles. The molecule has 4 aliphatic rings. The Morgan fingerprint density at radius 2 is 2.33 bits per heavy atom. The topological polar surface area (TPSA) is 41.9 Å². The monoisotopic (exact) mass is 355 g/mol. The van der Waals surface area contributed by atoms with E-state index in [0.29, 0.717) is 12.3 Å². The molecule has 1 saturated carbocycles. The molecular formula is C16H22BrNO3. The largest absolute Gasteiger partial charge is 0.493 e. The molecule has 0 aromatic heterocycles. The van der Waals surface area contributed by atoms with E-state index in [4.69, 9.17) is 9.57 Å². The molecule has 1 spiro atoms. The summed E-state index contributed by atoms with van der Waals surface area (Å²) in [5.74, 6) is 1.38. The maximum absolute atomic E-state index is 10.2. The van der Waals surface area contributed by atoms with Crippen LogP contribution in [-0.4, -0.2) is 36.0 Å². The molecule has 2 unspecified atom stereocenters. The molecule has 5 heteroatoms. The van der Waals surface area contributed by atoms with Crippen LogP contribution in [0.3, 0.4) is 0 Å². The predicted octanol–water partition coefficient (Wildman–Crippen LogP) is 3.08. The predicted molar refractivity (Wildman–Crippen MR) is 82.3 cm³/mol. The van der Waals surface area contributed by atoms with Gasteiger partial charge in [0.2, 0.25) is 0 Å². The number of hydrogen-bond donors (Lipinski definition) is 1. The van der Waals surface area contributed by atoms with Crippen molar-refractivity contribution in [2.75, 3.05) is 13.7 Å². The lowest BCUT2D eigenvalue weighted by molar-refractivity contribution is -0.0968. The summed E-state index contributed by atoms with van der Waals surface area (Å²) >= 11 is 3.85. The first-order valence-electron chi connectivity index (χ1n) is 7.92. The summed E-state index contributed by atoms with van der Waals surface area (Å²) in [6.07, 6.45) is 8.22. The Hall–Kier alpha value is -0.520. The van der Waals surface area contributed by atoms with Gasteiger partial charge in [-0.1, -0.05) is 22.4 Å². The van der Waals surface area contributed by atoms with Gasteiger partial charge in [0.05, 0.1) is 30.9 Å². The molecule has 0 aromatic carbocycles. The summed E-state index contributed by atoms with van der Waals surface area (Å²) in [5, 5.41) is 12.1. The molecule has 0 amide bonds. The van der Waals surface area contributed by atoms with Crippen LogP contribution in [-0.2, 0) is 9.57 Å². The highest BCUT2D eigenvalue weighted by molar-refractivity contribution is 9.11. The first kappa shape index (κ1) is 14.1. The second kappa shape index (κ2) is 5.00. The molecular weight excluding hydrogens is 334 g/mol. The number of halogens is 1. The van der Waals surface area contributed by atoms with Gasteiger partial charge in [-0.15, -0.1) is 0 Å². The van der Waals surface area contributed by atoms with Crippen LogP contribution >= 0.6 is 15.9 Å². The summed E-state index contributed by atoms with van der Waals surface area (Å²) in [7, 11) is 1.71. The number of ether oxygens (including phenoxy) is 1. The van der Waals surface area contributed by atoms with E-state index >= 15 is 0 Å². The lowest BCUT2D eigenvalue weighted by atomic mass is 9.63. The standard InChI is InChI=1S/C16H22BrNO3/c1-20-18-8-10-6-11(19)7-12-15(10)16(13(17)9-18)5-3-2-4-14(16)21-12/h9-11,14,19H,2-8H2,1H3/t10-,11+,14?,16?/m1/s1. The third-order valence-electron chi connectivity index (χ3n) is 5.61. The molecule has 2 heterocycles. The Bertz CT molecular complexity index is 518. The van der Waals surface area contributed by atoms with Crippen molar-refractivity contribution in [1.82, 2.24) is 5.06 Å². The smallest absolute Gasteiger partial charge is 0.112 e. The molecule has 4 rings (SSSR count). The molecule has 116 valence electrons. The SMILES string of the molecule is CON1C=C(Br)C23CCCCC2OC2=C3[C@H](C[C@H](O)C2)C1. The van der Waals surface area contributed by atoms with E-state index in [1.165, 1.54) is 22.9 Å². The zero-order chi connectivity index (χ0) is 14.6. The summed E-state index contributed by atoms with van der Waals surface area (Å²) in [5.41, 5.74) is 1.44. The average Bonchev–Trinajstić information content (AvgIpc) is 2.75. The minimum atomic E-state index is -0.290. The minimum Gasteiger partial charge on any atom is -0.493 e. The maximum atomic E-state index is 10.2. The van der Waals surface area contributed by atoms with Crippen molar-refractivity contribution >= 4 is 15.9 Å². The third-order valence-corrected chi connectivity index (χ3v) is 6.52. The molecule has 21 heavy (non-hydrogen) atoms. The molecule has 1 fully saturated rings. The van der Waals surface area contributed by atoms with Crippen molar-refractivity contribution in [3.63, 3.8) is 0 Å². The van der Waals surface area contributed by atoms with Gasteiger partial charge >= 0.3 is 0 Å². The first-order valence-corrected chi connectivity index (χ1v) is 8.71. The van der Waals surface area contributed by atoms with E-state index in [1.54, 1.807) is 7.11 Å². The second-order valence-electron chi connectivity index (χ2n) is 6.71. The van der Waals surface area contributed by atoms with Gasteiger partial charge in [0, 0.05) is 23.0 Å². The average molecular weight is 356 g/mol. The van der Waals surface area contributed by atoms with E-state index < -0.39 is 0 Å². The molecule has 4 nitrogen and oxygen atoms in total. The molecule has 4 atom stereocenters. The highest BCUT2D eigenvalue weighted by Crippen LogP contribution is 2.62. The van der Waals surface area contributed by atoms with Crippen molar-refractivity contribution < 1.29 is 14.7 Å². The molecule has 0 radical (unpaired) electrons. The van der Waals surface area contributed by atoms with Gasteiger partial charge in [-0.25, -0.2) is 0 Å². The number of nitrogens with zero attached hydrogens (tertiary/aromatic N) is 1. The van der Waals surface area contributed by atoms with E-state index in [2.05, 4.69) is 22.1 Å². The van der Waals surface area contributed by atoms with E-state index in [0.717, 1.165) is 31.6 Å². The number of aliphatic hydroxyl groups is 1. The second-order valence-corrected chi connectivity index (χ2v) is 7.56. The number of rotatable bonds is 1. The van der Waals surface area contributed by atoms with Gasteiger partial charge in [0.25, 0.3) is 0 Å². The lowest BCUT2D eigenvalue weighted by Crippen LogP contribution is -2.39. The highest BCUT2D eigenvalue weighted by Gasteiger charge is 2.57. The van der Waals surface area contributed by atoms with Crippen LogP contribution in [0.2, 0.25) is 0 Å². The van der Waals surface area contributed by atoms with E-state index in [1.807, 2.05) is 5.06 Å². The van der Waals surface area contributed by atoms with Crippen molar-refractivity contribution in [3.8, 4) is 0 Å². The zero-order valence-electron chi connectivity index (χ0n) is 12.3. The van der Waals surface area contributed by atoms with Crippen molar-refractivity contribution in [2.24, 2.45) is 11.3 Å². The summed E-state index contributed by atoms with van der Waals surface area (Å²) < 4.78 is 7.51. The fourth-order valence-corrected chi connectivity index (χ4v) is 5.69. The van der Waals surface area contributed by atoms with Crippen LogP contribution < -0.4 is 0 Å². The third kappa shape index (κ3) is 1.93. The highest BCUT2D eigenvalue weighted by atomic mass is 79.9. The van der Waals surface area contributed by atoms with Crippen LogP contribution in [0.4, 0.5) is 0 Å². The van der Waals surface area contributed by atoms with Crippen molar-refractivity contribution in [3.05, 3.63) is 22.0 Å². The summed E-state index contributed by atoms with van der Waals surface area (Å²) in [6, 6.07) is 0. The van der Waals surface area contributed by atoms with Gasteiger partial charge in [0.1, 0.15) is 6.10 Å². The Kier molecular flexibility index (Phi) is 3.36. The van der Waals surface area contributed by atoms with E-state index in [-0.39, 0.29) is 17.6 Å². The number of aliphatic hydroxyl groups excluding tert-OH is 1. The van der Waals surface area contributed by atoms with Gasteiger partial charge in [0.15, 0.2) is 0 Å². The Balaban J connectivity index is 1.86. The normalized spacial score (nSPS) is 42.0. The van der Waals surface area contributed by atoms with Crippen LogP contribution in [0.5, 0.6) is 0 Å². The van der Waals surface area contributed by atoms with Crippen molar-refractivity contribution in [2.45, 2.75) is 50.7 Å². The minimum absolute atomic E-state index is 0.00826. The number of hydrogen-bond acceptors (Lipinski definition) is 4. The summed E-state index contributed by atoms with van der Waals surface area (Å²) in [6.45, 7) is 0.791. The van der Waals surface area contributed by atoms with Crippen LogP contribution in [0.15, 0.2) is 22.0 Å². The van der Waals surface area contributed by atoms with Gasteiger partial charge in [-0.2, -0.15) is 0 Å². The Labute approximate surface area is 133 Å². The molecule has 1 N–H and O–H groups in total. The molecule has 0 aromatic rings. The first-order chi connectivity index (χ1) is 10.1. The van der Waals surface area contributed by atoms with Gasteiger partial charge in [-0.05, 0) is 31.3 Å². The summed E-state index contributed by atoms with van der Waals surface area (Å²) in [4.78, 5) is 5.49. The quantitative estimate of drug-likeness (QED) is 0.784. The number of hydroxylamine groups is 2. The lowest BCUT2D eigenvalue weighted by Gasteiger charge is -2.41. The van der Waals surface area contributed by atoms with Gasteiger partial charge < -0.3 is 9.84 Å².